The first kappa shape index (κ1) is 30.5. The number of amides is 2. The third kappa shape index (κ3) is 14.5. The molecule has 0 saturated heterocycles. The summed E-state index contributed by atoms with van der Waals surface area (Å²) < 4.78 is 15.9. The zero-order valence-electron chi connectivity index (χ0n) is 19.3. The second kappa shape index (κ2) is 18.0. The summed E-state index contributed by atoms with van der Waals surface area (Å²) in [5.41, 5.74) is 0.678. The van der Waals surface area contributed by atoms with Crippen LogP contribution in [0.25, 0.3) is 0 Å². The van der Waals surface area contributed by atoms with Crippen molar-refractivity contribution < 1.29 is 52.6 Å². The molecule has 32 heavy (non-hydrogen) atoms. The monoisotopic (exact) mass is 582 g/mol. The van der Waals surface area contributed by atoms with Crippen molar-refractivity contribution in [1.29, 1.82) is 0 Å². The lowest BCUT2D eigenvalue weighted by Gasteiger charge is -2.17. The summed E-state index contributed by atoms with van der Waals surface area (Å²) in [6, 6.07) is 7.16. The molecule has 2 unspecified atom stereocenters. The molecule has 2 atom stereocenters. The van der Waals surface area contributed by atoms with Crippen molar-refractivity contribution in [2.24, 2.45) is 0 Å². The van der Waals surface area contributed by atoms with E-state index in [0.29, 0.717) is 24.3 Å². The Kier molecular flexibility index (Phi) is 17.1. The van der Waals surface area contributed by atoms with Crippen LogP contribution in [0.15, 0.2) is 24.3 Å². The maximum atomic E-state index is 12.2. The van der Waals surface area contributed by atoms with E-state index in [2.05, 4.69) is 23.8 Å². The molecule has 1 aromatic rings. The highest BCUT2D eigenvalue weighted by Crippen LogP contribution is 2.18. The van der Waals surface area contributed by atoms with Crippen molar-refractivity contribution >= 4 is 34.4 Å². The van der Waals surface area contributed by atoms with Gasteiger partial charge in [0.05, 0.1) is 19.3 Å². The summed E-state index contributed by atoms with van der Waals surface area (Å²) in [6.45, 7) is 3.53. The Bertz CT molecular complexity index is 707. The molecule has 0 aliphatic heterocycles. The van der Waals surface area contributed by atoms with Gasteiger partial charge in [0.25, 0.3) is 0 Å². The van der Waals surface area contributed by atoms with Gasteiger partial charge in [-0.15, -0.1) is 0 Å². The number of anilines is 1. The minimum atomic E-state index is -0.778. The first-order chi connectivity index (χ1) is 14.8. The van der Waals surface area contributed by atoms with Gasteiger partial charge in [-0.25, -0.2) is 0 Å². The highest BCUT2D eigenvalue weighted by atomic mass is 127. The molecule has 0 aliphatic rings. The molecule has 0 fully saturated rings. The van der Waals surface area contributed by atoms with Crippen molar-refractivity contribution in [2.45, 2.75) is 45.8 Å². The topological polar surface area (TPSA) is 103 Å². The van der Waals surface area contributed by atoms with Crippen molar-refractivity contribution in [3.8, 4) is 5.75 Å². The fraction of sp³-hybridized carbons (Fsp3) is 0.591. The first-order valence-corrected chi connectivity index (χ1v) is 12.4. The van der Waals surface area contributed by atoms with Crippen LogP contribution in [0.2, 0.25) is 0 Å². The summed E-state index contributed by atoms with van der Waals surface area (Å²) in [7, 11) is 1.70. The Morgan fingerprint density at radius 1 is 1.19 bits per heavy atom. The van der Waals surface area contributed by atoms with Crippen LogP contribution < -0.4 is 39.3 Å². The SMILES string of the molecule is CCCC[S+](C)CCC(=O)Nc1cccc(OCCC(OC)OC(=O)CNC(C)=O)c1.[I-]. The quantitative estimate of drug-likeness (QED) is 0.125. The molecule has 0 aromatic heterocycles. The van der Waals surface area contributed by atoms with Gasteiger partial charge in [-0.1, -0.05) is 19.4 Å². The van der Waals surface area contributed by atoms with Gasteiger partial charge in [-0.2, -0.15) is 0 Å². The van der Waals surface area contributed by atoms with E-state index in [1.807, 2.05) is 6.07 Å². The number of carbonyl (C=O) groups excluding carboxylic acids is 3. The first-order valence-electron chi connectivity index (χ1n) is 10.4. The van der Waals surface area contributed by atoms with Crippen molar-refractivity contribution in [3.63, 3.8) is 0 Å². The van der Waals surface area contributed by atoms with Gasteiger partial charge in [0, 0.05) is 32.2 Å². The van der Waals surface area contributed by atoms with Gasteiger partial charge in [0.15, 0.2) is 0 Å². The molecule has 0 radical (unpaired) electrons. The van der Waals surface area contributed by atoms with E-state index in [1.54, 1.807) is 18.2 Å². The van der Waals surface area contributed by atoms with Crippen LogP contribution in [0, 0.1) is 0 Å². The van der Waals surface area contributed by atoms with Crippen LogP contribution in [-0.2, 0) is 34.8 Å². The van der Waals surface area contributed by atoms with Crippen LogP contribution in [-0.4, -0.2) is 62.1 Å². The van der Waals surface area contributed by atoms with E-state index in [0.717, 1.165) is 5.75 Å². The predicted octanol–water partition coefficient (Wildman–Crippen LogP) is -0.512. The second-order valence-corrected chi connectivity index (χ2v) is 9.45. The van der Waals surface area contributed by atoms with Crippen LogP contribution >= 0.6 is 0 Å². The van der Waals surface area contributed by atoms with Crippen molar-refractivity contribution in [1.82, 2.24) is 5.32 Å². The Balaban J connectivity index is 0.00000961. The number of hydrogen-bond acceptors (Lipinski definition) is 6. The normalized spacial score (nSPS) is 12.1. The lowest BCUT2D eigenvalue weighted by atomic mass is 10.3. The van der Waals surface area contributed by atoms with Gasteiger partial charge in [-0.05, 0) is 29.4 Å². The average molecular weight is 583 g/mol. The van der Waals surface area contributed by atoms with Crippen LogP contribution in [0.4, 0.5) is 5.69 Å². The van der Waals surface area contributed by atoms with E-state index in [9.17, 15) is 14.4 Å². The minimum absolute atomic E-state index is 0. The van der Waals surface area contributed by atoms with Gasteiger partial charge < -0.3 is 48.8 Å². The number of rotatable bonds is 15. The molecule has 1 rings (SSSR count). The molecule has 0 saturated carbocycles. The summed E-state index contributed by atoms with van der Waals surface area (Å²) in [5.74, 6) is 1.78. The average Bonchev–Trinajstić information content (AvgIpc) is 2.74. The number of carbonyl (C=O) groups is 3. The molecule has 1 aromatic carbocycles. The number of nitrogens with one attached hydrogen (secondary N) is 2. The van der Waals surface area contributed by atoms with Crippen molar-refractivity contribution in [3.05, 3.63) is 24.3 Å². The van der Waals surface area contributed by atoms with Crippen molar-refractivity contribution in [2.75, 3.05) is 43.3 Å². The molecule has 0 bridgehead atoms. The molecule has 182 valence electrons. The van der Waals surface area contributed by atoms with E-state index >= 15 is 0 Å². The predicted molar refractivity (Wildman–Crippen MR) is 123 cm³/mol. The van der Waals surface area contributed by atoms with Gasteiger partial charge in [-0.3, -0.25) is 14.4 Å². The highest BCUT2D eigenvalue weighted by Gasteiger charge is 2.15. The number of esters is 1. The Morgan fingerprint density at radius 2 is 1.94 bits per heavy atom. The number of ether oxygens (including phenoxy) is 3. The maximum absolute atomic E-state index is 12.2. The minimum Gasteiger partial charge on any atom is -1.00 e. The standard InChI is InChI=1S/C22H34N2O6S.HI/c1-5-6-13-31(4)14-11-20(26)24-18-8-7-9-19(15-18)29-12-10-22(28-3)30-21(27)16-23-17(2)25;/h7-9,15,22H,5-6,10-14,16H2,1-4H3,(H-,23,24,25,26);1H. The number of benzene rings is 1. The molecule has 0 spiro atoms. The molecule has 0 aliphatic carbocycles. The third-order valence-electron chi connectivity index (χ3n) is 4.27. The molecule has 8 nitrogen and oxygen atoms in total. The number of halogens is 1. The Morgan fingerprint density at radius 3 is 2.59 bits per heavy atom. The Hall–Kier alpha value is -1.53. The summed E-state index contributed by atoms with van der Waals surface area (Å²) in [6.07, 6.45) is 4.64. The van der Waals surface area contributed by atoms with Crippen LogP contribution in [0.3, 0.4) is 0 Å². The smallest absolute Gasteiger partial charge is 0.327 e. The zero-order chi connectivity index (χ0) is 23.1. The number of methoxy groups -OCH3 is 1. The van der Waals surface area contributed by atoms with Crippen LogP contribution in [0.1, 0.15) is 39.5 Å². The van der Waals surface area contributed by atoms with E-state index in [1.165, 1.54) is 32.6 Å². The largest absolute Gasteiger partial charge is 1.00 e. The maximum Gasteiger partial charge on any atom is 0.327 e. The fourth-order valence-corrected chi connectivity index (χ4v) is 4.05. The molecule has 10 heteroatoms. The van der Waals surface area contributed by atoms with Gasteiger partial charge in [0.1, 0.15) is 23.8 Å². The summed E-state index contributed by atoms with van der Waals surface area (Å²) >= 11 is 0. The second-order valence-electron chi connectivity index (χ2n) is 7.07. The fourth-order valence-electron chi connectivity index (χ4n) is 2.53. The zero-order valence-corrected chi connectivity index (χ0v) is 22.3. The molecular weight excluding hydrogens is 547 g/mol. The number of hydrogen-bond donors (Lipinski definition) is 2. The highest BCUT2D eigenvalue weighted by molar-refractivity contribution is 7.96. The van der Waals surface area contributed by atoms with Gasteiger partial charge in [0.2, 0.25) is 18.1 Å². The Labute approximate surface area is 210 Å². The lowest BCUT2D eigenvalue weighted by Crippen LogP contribution is -3.00. The summed E-state index contributed by atoms with van der Waals surface area (Å²) in [4.78, 5) is 34.7. The van der Waals surface area contributed by atoms with Crippen LogP contribution in [0.5, 0.6) is 5.75 Å². The van der Waals surface area contributed by atoms with E-state index in [-0.39, 0.29) is 59.8 Å². The number of unbranched alkanes of at least 4 members (excludes halogenated alkanes) is 1. The third-order valence-corrected chi connectivity index (χ3v) is 6.16. The van der Waals surface area contributed by atoms with E-state index < -0.39 is 12.3 Å². The molecule has 2 N–H and O–H groups in total. The lowest BCUT2D eigenvalue weighted by molar-refractivity contribution is -0.174. The molecule has 2 amide bonds. The molecule has 0 heterocycles. The van der Waals surface area contributed by atoms with Gasteiger partial charge >= 0.3 is 5.97 Å². The summed E-state index contributed by atoms with van der Waals surface area (Å²) in [5, 5.41) is 5.28. The molecular formula is C22H35IN2O6S. The van der Waals surface area contributed by atoms with E-state index in [4.69, 9.17) is 14.2 Å².